The van der Waals surface area contributed by atoms with Gasteiger partial charge in [0, 0.05) is 37.6 Å². The molecule has 21 heavy (non-hydrogen) atoms. The van der Waals surface area contributed by atoms with E-state index < -0.39 is 5.82 Å². The molecule has 0 bridgehead atoms. The Bertz CT molecular complexity index is 499. The zero-order valence-electron chi connectivity index (χ0n) is 12.1. The molecular weight excluding hydrogens is 295 g/mol. The number of methoxy groups -OCH3 is 1. The lowest BCUT2D eigenvalue weighted by Crippen LogP contribution is -2.35. The number of alkyl halides is 1. The molecule has 2 rings (SSSR count). The quantitative estimate of drug-likeness (QED) is 0.799. The summed E-state index contributed by atoms with van der Waals surface area (Å²) in [6.45, 7) is 3.97. The Labute approximate surface area is 129 Å². The Balaban J connectivity index is 2.06. The minimum atomic E-state index is -0.460. The molecule has 1 aliphatic heterocycles. The summed E-state index contributed by atoms with van der Waals surface area (Å²) in [5, 5.41) is 0. The molecule has 0 spiro atoms. The first-order valence-electron chi connectivity index (χ1n) is 7.07. The number of benzene rings is 1. The maximum Gasteiger partial charge on any atom is 0.254 e. The average molecular weight is 315 g/mol. The minimum Gasteiger partial charge on any atom is -0.494 e. The second-order valence-electron chi connectivity index (χ2n) is 5.03. The highest BCUT2D eigenvalue weighted by atomic mass is 35.5. The van der Waals surface area contributed by atoms with Gasteiger partial charge in [0.25, 0.3) is 5.91 Å². The SMILES string of the molecule is COc1cc(C(=O)N2CCCN(CCCl)CC2)ccc1F. The molecule has 116 valence electrons. The molecule has 1 aromatic carbocycles. The summed E-state index contributed by atoms with van der Waals surface area (Å²) in [5.74, 6) is 0.155. The largest absolute Gasteiger partial charge is 0.494 e. The first kappa shape index (κ1) is 16.0. The zero-order valence-corrected chi connectivity index (χ0v) is 12.9. The van der Waals surface area contributed by atoms with Gasteiger partial charge in [0.05, 0.1) is 7.11 Å². The third-order valence-electron chi connectivity index (χ3n) is 3.67. The van der Waals surface area contributed by atoms with Crippen LogP contribution >= 0.6 is 11.6 Å². The van der Waals surface area contributed by atoms with Gasteiger partial charge in [-0.05, 0) is 31.2 Å². The van der Waals surface area contributed by atoms with Crippen LogP contribution in [0.5, 0.6) is 5.75 Å². The van der Waals surface area contributed by atoms with Crippen molar-refractivity contribution in [3.8, 4) is 5.75 Å². The molecule has 0 aromatic heterocycles. The van der Waals surface area contributed by atoms with E-state index in [9.17, 15) is 9.18 Å². The Morgan fingerprint density at radius 3 is 2.86 bits per heavy atom. The first-order valence-corrected chi connectivity index (χ1v) is 7.60. The minimum absolute atomic E-state index is 0.0824. The number of amides is 1. The van der Waals surface area contributed by atoms with Crippen LogP contribution in [0.25, 0.3) is 0 Å². The van der Waals surface area contributed by atoms with Crippen LogP contribution in [0.15, 0.2) is 18.2 Å². The summed E-state index contributed by atoms with van der Waals surface area (Å²) < 4.78 is 18.3. The Hall–Kier alpha value is -1.33. The van der Waals surface area contributed by atoms with E-state index in [4.69, 9.17) is 16.3 Å². The van der Waals surface area contributed by atoms with E-state index in [1.54, 1.807) is 4.90 Å². The molecule has 0 unspecified atom stereocenters. The second-order valence-corrected chi connectivity index (χ2v) is 5.40. The topological polar surface area (TPSA) is 32.8 Å². The van der Waals surface area contributed by atoms with Crippen molar-refractivity contribution in [1.82, 2.24) is 9.80 Å². The lowest BCUT2D eigenvalue weighted by atomic mass is 10.1. The molecule has 0 radical (unpaired) electrons. The van der Waals surface area contributed by atoms with Crippen molar-refractivity contribution >= 4 is 17.5 Å². The summed E-state index contributed by atoms with van der Waals surface area (Å²) in [4.78, 5) is 16.6. The molecule has 1 aromatic rings. The van der Waals surface area contributed by atoms with E-state index in [-0.39, 0.29) is 11.7 Å². The van der Waals surface area contributed by atoms with Crippen LogP contribution < -0.4 is 4.74 Å². The highest BCUT2D eigenvalue weighted by Gasteiger charge is 2.21. The molecule has 0 atom stereocenters. The molecule has 1 heterocycles. The van der Waals surface area contributed by atoms with Gasteiger partial charge in [0.2, 0.25) is 0 Å². The average Bonchev–Trinajstić information content (AvgIpc) is 2.73. The Morgan fingerprint density at radius 1 is 1.33 bits per heavy atom. The van der Waals surface area contributed by atoms with Gasteiger partial charge in [0.1, 0.15) is 0 Å². The molecule has 0 saturated carbocycles. The maximum atomic E-state index is 13.4. The molecule has 6 heteroatoms. The molecule has 1 saturated heterocycles. The van der Waals surface area contributed by atoms with Crippen LogP contribution in [0.2, 0.25) is 0 Å². The molecule has 0 aliphatic carbocycles. The first-order chi connectivity index (χ1) is 10.2. The maximum absolute atomic E-state index is 13.4. The van der Waals surface area contributed by atoms with Crippen LogP contribution in [-0.2, 0) is 0 Å². The van der Waals surface area contributed by atoms with E-state index in [1.807, 2.05) is 0 Å². The summed E-state index contributed by atoms with van der Waals surface area (Å²) in [5.41, 5.74) is 0.457. The van der Waals surface area contributed by atoms with Gasteiger partial charge in [0.15, 0.2) is 11.6 Å². The number of halogens is 2. The van der Waals surface area contributed by atoms with Crippen molar-refractivity contribution < 1.29 is 13.9 Å². The van der Waals surface area contributed by atoms with Crippen molar-refractivity contribution in [2.45, 2.75) is 6.42 Å². The number of carbonyl (C=O) groups excluding carboxylic acids is 1. The lowest BCUT2D eigenvalue weighted by molar-refractivity contribution is 0.0761. The third-order valence-corrected chi connectivity index (χ3v) is 3.84. The second kappa shape index (κ2) is 7.61. The van der Waals surface area contributed by atoms with E-state index in [1.165, 1.54) is 25.3 Å². The van der Waals surface area contributed by atoms with E-state index in [2.05, 4.69) is 4.90 Å². The fraction of sp³-hybridized carbons (Fsp3) is 0.533. The van der Waals surface area contributed by atoms with Gasteiger partial charge in [-0.25, -0.2) is 4.39 Å². The van der Waals surface area contributed by atoms with Crippen molar-refractivity contribution in [3.63, 3.8) is 0 Å². The summed E-state index contributed by atoms with van der Waals surface area (Å²) >= 11 is 5.76. The Kier molecular flexibility index (Phi) is 5.82. The Morgan fingerprint density at radius 2 is 2.14 bits per heavy atom. The van der Waals surface area contributed by atoms with Crippen molar-refractivity contribution in [3.05, 3.63) is 29.6 Å². The number of carbonyl (C=O) groups is 1. The summed E-state index contributed by atoms with van der Waals surface area (Å²) in [6, 6.07) is 4.23. The van der Waals surface area contributed by atoms with Gasteiger partial charge in [-0.3, -0.25) is 4.79 Å². The third kappa shape index (κ3) is 4.08. The fourth-order valence-electron chi connectivity index (χ4n) is 2.49. The van der Waals surface area contributed by atoms with Crippen LogP contribution in [0.1, 0.15) is 16.8 Å². The lowest BCUT2D eigenvalue weighted by Gasteiger charge is -2.21. The molecule has 1 amide bonds. The molecule has 4 nitrogen and oxygen atoms in total. The van der Waals surface area contributed by atoms with Crippen LogP contribution in [-0.4, -0.2) is 61.4 Å². The van der Waals surface area contributed by atoms with Gasteiger partial charge in [-0.15, -0.1) is 11.6 Å². The molecule has 0 N–H and O–H groups in total. The highest BCUT2D eigenvalue weighted by Crippen LogP contribution is 2.19. The summed E-state index contributed by atoms with van der Waals surface area (Å²) in [7, 11) is 1.39. The monoisotopic (exact) mass is 314 g/mol. The van der Waals surface area contributed by atoms with Crippen molar-refractivity contribution in [1.29, 1.82) is 0 Å². The van der Waals surface area contributed by atoms with Crippen molar-refractivity contribution in [2.24, 2.45) is 0 Å². The normalized spacial score (nSPS) is 16.6. The number of hydrogen-bond donors (Lipinski definition) is 0. The molecule has 1 fully saturated rings. The van der Waals surface area contributed by atoms with Crippen LogP contribution in [0.4, 0.5) is 4.39 Å². The van der Waals surface area contributed by atoms with Gasteiger partial charge >= 0.3 is 0 Å². The van der Waals surface area contributed by atoms with Gasteiger partial charge in [-0.1, -0.05) is 0 Å². The highest BCUT2D eigenvalue weighted by molar-refractivity contribution is 6.18. The van der Waals surface area contributed by atoms with Crippen LogP contribution in [0.3, 0.4) is 0 Å². The standard InChI is InChI=1S/C15H20ClFN2O2/c1-21-14-11-12(3-4-13(14)17)15(20)19-7-2-6-18(8-5-16)9-10-19/h3-4,11H,2,5-10H2,1H3. The number of nitrogens with zero attached hydrogens (tertiary/aromatic N) is 2. The smallest absolute Gasteiger partial charge is 0.254 e. The fourth-order valence-corrected chi connectivity index (χ4v) is 2.73. The summed E-state index contributed by atoms with van der Waals surface area (Å²) in [6.07, 6.45) is 0.918. The predicted molar refractivity (Wildman–Crippen MR) is 80.6 cm³/mol. The van der Waals surface area contributed by atoms with Gasteiger partial charge < -0.3 is 14.5 Å². The molecular formula is C15H20ClFN2O2. The van der Waals surface area contributed by atoms with E-state index in [0.29, 0.717) is 24.5 Å². The number of rotatable bonds is 4. The predicted octanol–water partition coefficient (Wildman–Crippen LogP) is 2.22. The van der Waals surface area contributed by atoms with Gasteiger partial charge in [-0.2, -0.15) is 0 Å². The van der Waals surface area contributed by atoms with E-state index >= 15 is 0 Å². The van der Waals surface area contributed by atoms with E-state index in [0.717, 1.165) is 26.1 Å². The number of ether oxygens (including phenoxy) is 1. The number of hydrogen-bond acceptors (Lipinski definition) is 3. The van der Waals surface area contributed by atoms with Crippen LogP contribution in [0, 0.1) is 5.82 Å². The molecule has 1 aliphatic rings. The van der Waals surface area contributed by atoms with Crippen molar-refractivity contribution in [2.75, 3.05) is 45.7 Å². The zero-order chi connectivity index (χ0) is 15.2.